The Hall–Kier alpha value is -1.48. The Kier molecular flexibility index (Phi) is 6.20. The van der Waals surface area contributed by atoms with Crippen molar-refractivity contribution in [1.29, 1.82) is 0 Å². The van der Waals surface area contributed by atoms with Crippen LogP contribution in [-0.2, 0) is 29.5 Å². The minimum absolute atomic E-state index is 0. The highest BCUT2D eigenvalue weighted by Gasteiger charge is 2.32. The summed E-state index contributed by atoms with van der Waals surface area (Å²) in [4.78, 5) is 0.404. The van der Waals surface area contributed by atoms with E-state index in [0.717, 1.165) is 56.1 Å². The molecule has 0 spiro atoms. The number of nitrogens with one attached hydrogen (secondary N) is 1. The number of nitrogens with zero attached hydrogens (tertiary/aromatic N) is 4. The van der Waals surface area contributed by atoms with Gasteiger partial charge in [-0.05, 0) is 37.0 Å². The van der Waals surface area contributed by atoms with Crippen LogP contribution in [0.15, 0.2) is 29.2 Å². The van der Waals surface area contributed by atoms with Crippen molar-refractivity contribution in [3.05, 3.63) is 41.5 Å². The monoisotopic (exact) mass is 411 g/mol. The molecule has 0 bridgehead atoms. The Morgan fingerprint density at radius 2 is 1.96 bits per heavy atom. The summed E-state index contributed by atoms with van der Waals surface area (Å²) in [6.45, 7) is 5.67. The summed E-state index contributed by atoms with van der Waals surface area (Å²) >= 11 is 0. The van der Waals surface area contributed by atoms with Gasteiger partial charge in [0.05, 0.1) is 11.4 Å². The molecular formula is C18H26ClN5O2S. The predicted octanol–water partition coefficient (Wildman–Crippen LogP) is 1.93. The third-order valence-corrected chi connectivity index (χ3v) is 7.31. The van der Waals surface area contributed by atoms with Crippen LogP contribution in [0.4, 0.5) is 0 Å². The van der Waals surface area contributed by atoms with Crippen molar-refractivity contribution in [1.82, 2.24) is 24.4 Å². The highest BCUT2D eigenvalue weighted by molar-refractivity contribution is 7.89. The maximum Gasteiger partial charge on any atom is 0.243 e. The van der Waals surface area contributed by atoms with E-state index in [2.05, 4.69) is 20.1 Å². The second-order valence-electron chi connectivity index (χ2n) is 6.98. The fraction of sp³-hybridized carbons (Fsp3) is 0.556. The smallest absolute Gasteiger partial charge is 0.243 e. The molecule has 0 amide bonds. The highest BCUT2D eigenvalue weighted by Crippen LogP contribution is 2.30. The first-order valence-electron chi connectivity index (χ1n) is 9.31. The van der Waals surface area contributed by atoms with Crippen molar-refractivity contribution in [3.8, 4) is 0 Å². The molecule has 27 heavy (non-hydrogen) atoms. The molecule has 1 fully saturated rings. The average molecular weight is 412 g/mol. The lowest BCUT2D eigenvalue weighted by Gasteiger charge is -2.31. The molecule has 1 N–H and O–H groups in total. The lowest BCUT2D eigenvalue weighted by molar-refractivity contribution is 0.307. The van der Waals surface area contributed by atoms with Gasteiger partial charge >= 0.3 is 0 Å². The van der Waals surface area contributed by atoms with Crippen LogP contribution >= 0.6 is 12.4 Å². The molecule has 0 saturated carbocycles. The van der Waals surface area contributed by atoms with E-state index < -0.39 is 10.0 Å². The van der Waals surface area contributed by atoms with Gasteiger partial charge in [0.1, 0.15) is 11.6 Å². The summed E-state index contributed by atoms with van der Waals surface area (Å²) in [5, 5.41) is 12.0. The number of fused-ring (bicyclic) bond motifs is 1. The van der Waals surface area contributed by atoms with Crippen LogP contribution < -0.4 is 5.32 Å². The molecule has 2 aliphatic rings. The zero-order chi connectivity index (χ0) is 18.1. The summed E-state index contributed by atoms with van der Waals surface area (Å²) in [6, 6.07) is 7.29. The van der Waals surface area contributed by atoms with Crippen molar-refractivity contribution in [3.63, 3.8) is 0 Å². The molecular weight excluding hydrogens is 386 g/mol. The second kappa shape index (κ2) is 8.26. The molecule has 0 unspecified atom stereocenters. The van der Waals surface area contributed by atoms with E-state index >= 15 is 0 Å². The van der Waals surface area contributed by atoms with Gasteiger partial charge in [-0.15, -0.1) is 22.6 Å². The van der Waals surface area contributed by atoms with Gasteiger partial charge in [0.25, 0.3) is 0 Å². The molecule has 4 rings (SSSR count). The molecule has 0 aliphatic carbocycles. The van der Waals surface area contributed by atoms with Crippen molar-refractivity contribution in [2.75, 3.05) is 19.6 Å². The maximum absolute atomic E-state index is 13.0. The van der Waals surface area contributed by atoms with Crippen LogP contribution in [0.5, 0.6) is 0 Å². The second-order valence-corrected chi connectivity index (χ2v) is 8.92. The fourth-order valence-corrected chi connectivity index (χ4v) is 5.39. The Morgan fingerprint density at radius 3 is 2.70 bits per heavy atom. The number of aryl methyl sites for hydroxylation is 1. The van der Waals surface area contributed by atoms with Crippen LogP contribution in [-0.4, -0.2) is 47.1 Å². The number of hydrogen-bond donors (Lipinski definition) is 1. The van der Waals surface area contributed by atoms with Gasteiger partial charge in [-0.1, -0.05) is 19.1 Å². The molecule has 148 valence electrons. The van der Waals surface area contributed by atoms with Gasteiger partial charge in [-0.2, -0.15) is 4.31 Å². The van der Waals surface area contributed by atoms with Gasteiger partial charge in [-0.25, -0.2) is 8.42 Å². The summed E-state index contributed by atoms with van der Waals surface area (Å²) in [5.74, 6) is 2.28. The topological polar surface area (TPSA) is 80.1 Å². The Morgan fingerprint density at radius 1 is 1.19 bits per heavy atom. The van der Waals surface area contributed by atoms with Gasteiger partial charge in [0.2, 0.25) is 10.0 Å². The molecule has 7 nitrogen and oxygen atoms in total. The molecule has 0 atom stereocenters. The molecule has 1 saturated heterocycles. The summed E-state index contributed by atoms with van der Waals surface area (Å²) in [5.41, 5.74) is 1.05. The van der Waals surface area contributed by atoms with Crippen LogP contribution in [0.2, 0.25) is 0 Å². The third-order valence-electron chi connectivity index (χ3n) is 5.41. The zero-order valence-corrected chi connectivity index (χ0v) is 17.1. The minimum Gasteiger partial charge on any atom is -0.312 e. The van der Waals surface area contributed by atoms with Crippen molar-refractivity contribution in [2.24, 2.45) is 0 Å². The number of sulfonamides is 1. The number of aromatic nitrogens is 3. The molecule has 2 aromatic rings. The van der Waals surface area contributed by atoms with Crippen LogP contribution in [0.1, 0.15) is 42.9 Å². The van der Waals surface area contributed by atoms with E-state index in [1.807, 2.05) is 19.1 Å². The van der Waals surface area contributed by atoms with Crippen LogP contribution in [0, 0.1) is 0 Å². The number of piperidine rings is 1. The standard InChI is InChI=1S/C18H25N5O2S.ClH/c1-2-14-4-3-5-16(12-14)26(24,25)22-9-6-15(7-10-22)18-21-20-17-13-19-8-11-23(17)18;/h3-5,12,15,19H,2,6-11,13H2,1H3;1H. The van der Waals surface area contributed by atoms with Gasteiger partial charge < -0.3 is 9.88 Å². The normalized spacial score (nSPS) is 18.7. The summed E-state index contributed by atoms with van der Waals surface area (Å²) in [6.07, 6.45) is 2.41. The van der Waals surface area contributed by atoms with Gasteiger partial charge in [0, 0.05) is 32.1 Å². The predicted molar refractivity (Wildman–Crippen MR) is 106 cm³/mol. The average Bonchev–Trinajstić information content (AvgIpc) is 3.12. The van der Waals surface area contributed by atoms with Gasteiger partial charge in [0.15, 0.2) is 0 Å². The Bertz CT molecular complexity index is 891. The quantitative estimate of drug-likeness (QED) is 0.831. The molecule has 1 aromatic carbocycles. The summed E-state index contributed by atoms with van der Waals surface area (Å²) < 4.78 is 29.8. The third kappa shape index (κ3) is 3.89. The van der Waals surface area contributed by atoms with E-state index in [1.54, 1.807) is 16.4 Å². The lowest BCUT2D eigenvalue weighted by Crippen LogP contribution is -2.38. The SMILES string of the molecule is CCc1cccc(S(=O)(=O)N2CCC(c3nnc4n3CCNC4)CC2)c1.Cl. The van der Waals surface area contributed by atoms with E-state index in [0.29, 0.717) is 18.0 Å². The first-order valence-corrected chi connectivity index (χ1v) is 10.8. The first kappa shape index (κ1) is 20.3. The van der Waals surface area contributed by atoms with E-state index in [1.165, 1.54) is 0 Å². The van der Waals surface area contributed by atoms with Crippen LogP contribution in [0.25, 0.3) is 0 Å². The maximum atomic E-state index is 13.0. The number of hydrogen-bond acceptors (Lipinski definition) is 5. The van der Waals surface area contributed by atoms with E-state index in [-0.39, 0.29) is 18.3 Å². The van der Waals surface area contributed by atoms with Crippen LogP contribution in [0.3, 0.4) is 0 Å². The lowest BCUT2D eigenvalue weighted by atomic mass is 9.97. The van der Waals surface area contributed by atoms with E-state index in [4.69, 9.17) is 0 Å². The largest absolute Gasteiger partial charge is 0.312 e. The summed E-state index contributed by atoms with van der Waals surface area (Å²) in [7, 11) is -3.42. The molecule has 1 aromatic heterocycles. The molecule has 9 heteroatoms. The van der Waals surface area contributed by atoms with Crippen molar-refractivity contribution >= 4 is 22.4 Å². The number of rotatable bonds is 4. The molecule has 2 aliphatic heterocycles. The number of benzene rings is 1. The van der Waals surface area contributed by atoms with Gasteiger partial charge in [-0.3, -0.25) is 0 Å². The molecule has 3 heterocycles. The van der Waals surface area contributed by atoms with E-state index in [9.17, 15) is 8.42 Å². The highest BCUT2D eigenvalue weighted by atomic mass is 35.5. The first-order chi connectivity index (χ1) is 12.6. The Balaban J connectivity index is 0.00000210. The van der Waals surface area contributed by atoms with Crippen molar-refractivity contribution in [2.45, 2.75) is 50.1 Å². The van der Waals surface area contributed by atoms with Crippen molar-refractivity contribution < 1.29 is 8.42 Å². The number of halogens is 1. The Labute approximate surface area is 166 Å². The minimum atomic E-state index is -3.42. The zero-order valence-electron chi connectivity index (χ0n) is 15.5. The fourth-order valence-electron chi connectivity index (χ4n) is 3.85. The molecule has 0 radical (unpaired) electrons.